The van der Waals surface area contributed by atoms with E-state index in [0.29, 0.717) is 10.6 Å². The molecule has 0 saturated carbocycles. The van der Waals surface area contributed by atoms with Gasteiger partial charge in [0.2, 0.25) is 0 Å². The van der Waals surface area contributed by atoms with Crippen LogP contribution in [0.5, 0.6) is 0 Å². The van der Waals surface area contributed by atoms with Gasteiger partial charge in [0, 0.05) is 27.4 Å². The number of thiazole rings is 1. The minimum absolute atomic E-state index is 0.174. The van der Waals surface area contributed by atoms with Gasteiger partial charge in [-0.05, 0) is 12.1 Å². The molecule has 2 N–H and O–H groups in total. The molecule has 5 heteroatoms. The van der Waals surface area contributed by atoms with Gasteiger partial charge in [0.1, 0.15) is 11.3 Å². The van der Waals surface area contributed by atoms with Gasteiger partial charge in [-0.1, -0.05) is 32.9 Å². The minimum Gasteiger partial charge on any atom is -0.375 e. The molecule has 3 rings (SSSR count). The van der Waals surface area contributed by atoms with E-state index >= 15 is 0 Å². The second-order valence-electron chi connectivity index (χ2n) is 6.01. The maximum Gasteiger partial charge on any atom is 0.180 e. The number of para-hydroxylation sites is 1. The molecule has 108 valence electrons. The van der Waals surface area contributed by atoms with E-state index < -0.39 is 0 Å². The van der Waals surface area contributed by atoms with E-state index in [2.05, 4.69) is 30.7 Å². The lowest BCUT2D eigenvalue weighted by Gasteiger charge is -2.19. The summed E-state index contributed by atoms with van der Waals surface area (Å²) in [6, 6.07) is 6.97. The molecule has 0 amide bonds. The number of anilines is 1. The third-order valence-electron chi connectivity index (χ3n) is 3.36. The third kappa shape index (κ3) is 2.49. The van der Waals surface area contributed by atoms with Gasteiger partial charge in [0.25, 0.3) is 0 Å². The summed E-state index contributed by atoms with van der Waals surface area (Å²) in [4.78, 5) is 8.84. The molecule has 0 aliphatic heterocycles. The molecule has 0 aliphatic rings. The number of hydrogen-bond donors (Lipinski definition) is 1. The van der Waals surface area contributed by atoms with E-state index in [9.17, 15) is 4.39 Å². The van der Waals surface area contributed by atoms with Gasteiger partial charge in [0.05, 0.1) is 5.69 Å². The summed E-state index contributed by atoms with van der Waals surface area (Å²) in [5, 5.41) is 3.15. The third-order valence-corrected chi connectivity index (χ3v) is 4.03. The fraction of sp³-hybridized carbons (Fsp3) is 0.250. The molecule has 3 nitrogen and oxygen atoms in total. The van der Waals surface area contributed by atoms with Crippen LogP contribution in [0.1, 0.15) is 26.5 Å². The Labute approximate surface area is 126 Å². The van der Waals surface area contributed by atoms with Crippen LogP contribution >= 0.6 is 11.3 Å². The summed E-state index contributed by atoms with van der Waals surface area (Å²) in [5.74, 6) is -0.317. The number of aromatic nitrogens is 2. The molecule has 2 heterocycles. The highest BCUT2D eigenvalue weighted by Gasteiger charge is 2.20. The molecule has 21 heavy (non-hydrogen) atoms. The molecule has 0 saturated heterocycles. The average Bonchev–Trinajstić information content (AvgIpc) is 2.83. The summed E-state index contributed by atoms with van der Waals surface area (Å²) in [6.45, 7) is 6.17. The quantitative estimate of drug-likeness (QED) is 0.726. The lowest BCUT2D eigenvalue weighted by molar-refractivity contribution is 0.569. The standard InChI is InChI=1S/C16H16FN3S/c1-16(2,3)13-7-10(12-8-21-15(18)19-12)9-5-4-6-11(17)14(9)20-13/h4-8H,1-3H3,(H2,18,19). The lowest BCUT2D eigenvalue weighted by atomic mass is 9.89. The number of nitrogens with zero attached hydrogens (tertiary/aromatic N) is 2. The molecule has 0 radical (unpaired) electrons. The van der Waals surface area contributed by atoms with Crippen molar-refractivity contribution in [3.63, 3.8) is 0 Å². The molecule has 0 unspecified atom stereocenters. The fourth-order valence-electron chi connectivity index (χ4n) is 2.22. The number of rotatable bonds is 1. The van der Waals surface area contributed by atoms with Crippen molar-refractivity contribution in [1.29, 1.82) is 0 Å². The highest BCUT2D eigenvalue weighted by Crippen LogP contribution is 2.34. The van der Waals surface area contributed by atoms with Gasteiger partial charge in [-0.25, -0.2) is 14.4 Å². The maximum absolute atomic E-state index is 14.2. The van der Waals surface area contributed by atoms with Crippen LogP contribution in [0.25, 0.3) is 22.2 Å². The van der Waals surface area contributed by atoms with E-state index in [-0.39, 0.29) is 11.2 Å². The number of fused-ring (bicyclic) bond motifs is 1. The summed E-state index contributed by atoms with van der Waals surface area (Å²) in [6.07, 6.45) is 0. The molecule has 0 bridgehead atoms. The Morgan fingerprint density at radius 2 is 1.95 bits per heavy atom. The van der Waals surface area contributed by atoms with Crippen LogP contribution in [0.3, 0.4) is 0 Å². The normalized spacial score (nSPS) is 12.0. The Bertz CT molecular complexity index is 818. The molecular formula is C16H16FN3S. The van der Waals surface area contributed by atoms with Crippen molar-refractivity contribution >= 4 is 27.4 Å². The molecule has 3 aromatic rings. The first kappa shape index (κ1) is 13.9. The van der Waals surface area contributed by atoms with Gasteiger partial charge in [-0.15, -0.1) is 11.3 Å². The molecule has 1 aromatic carbocycles. The summed E-state index contributed by atoms with van der Waals surface area (Å²) in [7, 11) is 0. The van der Waals surface area contributed by atoms with Gasteiger partial charge in [0.15, 0.2) is 5.13 Å². The van der Waals surface area contributed by atoms with Gasteiger partial charge in [-0.3, -0.25) is 0 Å². The van der Waals surface area contributed by atoms with Crippen molar-refractivity contribution in [2.75, 3.05) is 5.73 Å². The Kier molecular flexibility index (Phi) is 3.17. The number of hydrogen-bond acceptors (Lipinski definition) is 4. The van der Waals surface area contributed by atoms with Gasteiger partial charge >= 0.3 is 0 Å². The van der Waals surface area contributed by atoms with Crippen LogP contribution < -0.4 is 5.73 Å². The topological polar surface area (TPSA) is 51.8 Å². The lowest BCUT2D eigenvalue weighted by Crippen LogP contribution is -2.14. The highest BCUT2D eigenvalue weighted by atomic mass is 32.1. The van der Waals surface area contributed by atoms with E-state index in [1.807, 2.05) is 17.5 Å². The zero-order valence-corrected chi connectivity index (χ0v) is 13.0. The summed E-state index contributed by atoms with van der Waals surface area (Å²) < 4.78 is 14.2. The van der Waals surface area contributed by atoms with Crippen LogP contribution in [-0.4, -0.2) is 9.97 Å². The van der Waals surface area contributed by atoms with Gasteiger partial charge in [-0.2, -0.15) is 0 Å². The van der Waals surface area contributed by atoms with E-state index in [0.717, 1.165) is 22.3 Å². The number of nitrogens with two attached hydrogens (primary N) is 1. The van der Waals surface area contributed by atoms with Crippen molar-refractivity contribution < 1.29 is 4.39 Å². The molecular weight excluding hydrogens is 285 g/mol. The number of pyridine rings is 1. The first-order valence-electron chi connectivity index (χ1n) is 6.67. The second-order valence-corrected chi connectivity index (χ2v) is 6.90. The monoisotopic (exact) mass is 301 g/mol. The van der Waals surface area contributed by atoms with Crippen molar-refractivity contribution in [2.24, 2.45) is 0 Å². The molecule has 0 spiro atoms. The second kappa shape index (κ2) is 4.77. The Hall–Kier alpha value is -2.01. The number of nitrogen functional groups attached to an aromatic ring is 1. The zero-order valence-electron chi connectivity index (χ0n) is 12.1. The van der Waals surface area contributed by atoms with Crippen LogP contribution in [0.2, 0.25) is 0 Å². The van der Waals surface area contributed by atoms with Crippen molar-refractivity contribution in [2.45, 2.75) is 26.2 Å². The molecule has 2 aromatic heterocycles. The van der Waals surface area contributed by atoms with Crippen LogP contribution in [-0.2, 0) is 5.41 Å². The fourth-order valence-corrected chi connectivity index (χ4v) is 2.78. The highest BCUT2D eigenvalue weighted by molar-refractivity contribution is 7.13. The summed E-state index contributed by atoms with van der Waals surface area (Å²) >= 11 is 1.38. The van der Waals surface area contributed by atoms with E-state index in [1.165, 1.54) is 17.4 Å². The van der Waals surface area contributed by atoms with E-state index in [1.54, 1.807) is 6.07 Å². The molecule has 0 atom stereocenters. The predicted octanol–water partition coefficient (Wildman–Crippen LogP) is 4.38. The first-order valence-corrected chi connectivity index (χ1v) is 7.55. The van der Waals surface area contributed by atoms with Crippen molar-refractivity contribution in [3.8, 4) is 11.3 Å². The zero-order chi connectivity index (χ0) is 15.2. The maximum atomic E-state index is 14.2. The van der Waals surface area contributed by atoms with Gasteiger partial charge < -0.3 is 5.73 Å². The smallest absolute Gasteiger partial charge is 0.180 e. The van der Waals surface area contributed by atoms with Crippen molar-refractivity contribution in [1.82, 2.24) is 9.97 Å². The SMILES string of the molecule is CC(C)(C)c1cc(-c2csc(N)n2)c2cccc(F)c2n1. The van der Waals surface area contributed by atoms with Crippen LogP contribution in [0, 0.1) is 5.82 Å². The van der Waals surface area contributed by atoms with Crippen LogP contribution in [0.4, 0.5) is 9.52 Å². The minimum atomic E-state index is -0.317. The largest absolute Gasteiger partial charge is 0.375 e. The first-order chi connectivity index (χ1) is 9.86. The van der Waals surface area contributed by atoms with Crippen LogP contribution in [0.15, 0.2) is 29.6 Å². The molecule has 0 fully saturated rings. The Morgan fingerprint density at radius 3 is 2.57 bits per heavy atom. The number of halogens is 1. The van der Waals surface area contributed by atoms with Crippen molar-refractivity contribution in [3.05, 3.63) is 41.2 Å². The number of benzene rings is 1. The summed E-state index contributed by atoms with van der Waals surface area (Å²) in [5.41, 5.74) is 8.41. The Morgan fingerprint density at radius 1 is 1.19 bits per heavy atom. The Balaban J connectivity index is 2.38. The average molecular weight is 301 g/mol. The predicted molar refractivity (Wildman–Crippen MR) is 85.9 cm³/mol. The molecule has 0 aliphatic carbocycles. The van der Waals surface area contributed by atoms with E-state index in [4.69, 9.17) is 5.73 Å².